The molecule has 0 amide bonds. The number of nitrogens with zero attached hydrogens (tertiary/aromatic N) is 1. The number of hydroxylamine groups is 1. The molecule has 6 nitrogen and oxygen atoms in total. The fraction of sp³-hybridized carbons (Fsp3) is 0.800. The van der Waals surface area contributed by atoms with Gasteiger partial charge in [-0.2, -0.15) is 0 Å². The Morgan fingerprint density at radius 1 is 1.36 bits per heavy atom. The molecule has 0 saturated carbocycles. The molecule has 3 unspecified atom stereocenters. The lowest BCUT2D eigenvalue weighted by atomic mass is 10.0. The van der Waals surface area contributed by atoms with Gasteiger partial charge in [0.1, 0.15) is 18.3 Å². The average molecular weight is 162 g/mol. The van der Waals surface area contributed by atoms with E-state index in [2.05, 4.69) is 4.99 Å². The molecule has 1 heterocycles. The summed E-state index contributed by atoms with van der Waals surface area (Å²) in [6.45, 7) is -0.0267. The molecule has 64 valence electrons. The highest BCUT2D eigenvalue weighted by atomic mass is 16.5. The zero-order chi connectivity index (χ0) is 8.43. The van der Waals surface area contributed by atoms with Gasteiger partial charge in [0.25, 0.3) is 0 Å². The van der Waals surface area contributed by atoms with Crippen LogP contribution in [0.15, 0.2) is 4.99 Å². The Labute approximate surface area is 62.8 Å². The molecule has 6 heteroatoms. The van der Waals surface area contributed by atoms with Crippen molar-refractivity contribution in [2.75, 3.05) is 6.54 Å². The van der Waals surface area contributed by atoms with Gasteiger partial charge in [-0.05, 0) is 0 Å². The van der Waals surface area contributed by atoms with E-state index in [1.54, 1.807) is 5.48 Å². The molecule has 0 spiro atoms. The van der Waals surface area contributed by atoms with E-state index in [0.29, 0.717) is 0 Å². The molecule has 0 fully saturated rings. The number of amidine groups is 1. The van der Waals surface area contributed by atoms with E-state index in [1.807, 2.05) is 0 Å². The number of nitrogens with one attached hydrogen (secondary N) is 1. The first-order valence-corrected chi connectivity index (χ1v) is 3.15. The van der Waals surface area contributed by atoms with Crippen molar-refractivity contribution in [2.24, 2.45) is 4.99 Å². The third kappa shape index (κ3) is 1.48. The Bertz CT molecular complexity index is 172. The molecule has 0 bridgehead atoms. The predicted molar refractivity (Wildman–Crippen MR) is 35.2 cm³/mol. The summed E-state index contributed by atoms with van der Waals surface area (Å²) in [5.41, 5.74) is 1.63. The number of aliphatic hydroxyl groups is 3. The van der Waals surface area contributed by atoms with Crippen molar-refractivity contribution >= 4 is 5.84 Å². The molecule has 0 saturated heterocycles. The second kappa shape index (κ2) is 3.14. The maximum absolute atomic E-state index is 9.04. The SMILES string of the molecule is ONC1=NCC(O)C(O)C1O. The Balaban J connectivity index is 2.70. The molecule has 3 atom stereocenters. The van der Waals surface area contributed by atoms with Crippen LogP contribution in [0.2, 0.25) is 0 Å². The number of aliphatic imine (C=N–C) groups is 1. The van der Waals surface area contributed by atoms with Crippen LogP contribution in [0.3, 0.4) is 0 Å². The minimum absolute atomic E-state index is 0.0267. The molecule has 0 aliphatic carbocycles. The van der Waals surface area contributed by atoms with Gasteiger partial charge in [0.2, 0.25) is 0 Å². The summed E-state index contributed by atoms with van der Waals surface area (Å²) in [6, 6.07) is 0. The number of rotatable bonds is 0. The summed E-state index contributed by atoms with van der Waals surface area (Å²) in [4.78, 5) is 3.56. The van der Waals surface area contributed by atoms with Gasteiger partial charge in [-0.15, -0.1) is 0 Å². The van der Waals surface area contributed by atoms with E-state index in [0.717, 1.165) is 0 Å². The predicted octanol–water partition coefficient (Wildman–Crippen LogP) is -2.54. The fourth-order valence-electron chi connectivity index (χ4n) is 0.867. The smallest absolute Gasteiger partial charge is 0.152 e. The molecular weight excluding hydrogens is 152 g/mol. The second-order valence-corrected chi connectivity index (χ2v) is 2.34. The molecule has 0 aromatic carbocycles. The highest BCUT2D eigenvalue weighted by Gasteiger charge is 2.32. The highest BCUT2D eigenvalue weighted by molar-refractivity contribution is 5.86. The number of aliphatic hydroxyl groups excluding tert-OH is 3. The van der Waals surface area contributed by atoms with Gasteiger partial charge >= 0.3 is 0 Å². The lowest BCUT2D eigenvalue weighted by Gasteiger charge is -2.26. The van der Waals surface area contributed by atoms with E-state index >= 15 is 0 Å². The van der Waals surface area contributed by atoms with Gasteiger partial charge in [-0.25, -0.2) is 0 Å². The zero-order valence-electron chi connectivity index (χ0n) is 5.68. The molecule has 0 aromatic heterocycles. The summed E-state index contributed by atoms with van der Waals surface area (Å²) in [5.74, 6) is -0.122. The van der Waals surface area contributed by atoms with E-state index in [1.165, 1.54) is 0 Å². The molecule has 0 radical (unpaired) electrons. The van der Waals surface area contributed by atoms with Gasteiger partial charge in [0.05, 0.1) is 6.54 Å². The van der Waals surface area contributed by atoms with Crippen LogP contribution in [-0.2, 0) is 0 Å². The van der Waals surface area contributed by atoms with Gasteiger partial charge in [0.15, 0.2) is 5.84 Å². The monoisotopic (exact) mass is 162 g/mol. The average Bonchev–Trinajstić information content (AvgIpc) is 2.01. The normalized spacial score (nSPS) is 38.2. The molecule has 11 heavy (non-hydrogen) atoms. The first-order valence-electron chi connectivity index (χ1n) is 3.15. The Morgan fingerprint density at radius 2 is 2.00 bits per heavy atom. The molecule has 1 aliphatic heterocycles. The van der Waals surface area contributed by atoms with Crippen molar-refractivity contribution in [3.63, 3.8) is 0 Å². The van der Waals surface area contributed by atoms with Crippen LogP contribution in [0.1, 0.15) is 0 Å². The van der Waals surface area contributed by atoms with Crippen molar-refractivity contribution in [1.29, 1.82) is 0 Å². The van der Waals surface area contributed by atoms with Crippen LogP contribution in [0.4, 0.5) is 0 Å². The van der Waals surface area contributed by atoms with Crippen molar-refractivity contribution in [3.05, 3.63) is 0 Å². The maximum atomic E-state index is 9.04. The number of hydrogen-bond acceptors (Lipinski definition) is 6. The third-order valence-corrected chi connectivity index (χ3v) is 1.56. The largest absolute Gasteiger partial charge is 0.388 e. The van der Waals surface area contributed by atoms with E-state index in [-0.39, 0.29) is 12.4 Å². The van der Waals surface area contributed by atoms with Gasteiger partial charge in [0, 0.05) is 0 Å². The topological polar surface area (TPSA) is 105 Å². The van der Waals surface area contributed by atoms with Crippen molar-refractivity contribution in [2.45, 2.75) is 18.3 Å². The van der Waals surface area contributed by atoms with E-state index in [4.69, 9.17) is 20.5 Å². The number of hydrogen-bond donors (Lipinski definition) is 5. The van der Waals surface area contributed by atoms with Crippen molar-refractivity contribution in [1.82, 2.24) is 5.48 Å². The maximum Gasteiger partial charge on any atom is 0.152 e. The molecule has 1 rings (SSSR count). The van der Waals surface area contributed by atoms with E-state index in [9.17, 15) is 0 Å². The summed E-state index contributed by atoms with van der Waals surface area (Å²) >= 11 is 0. The Hall–Kier alpha value is -0.690. The quantitative estimate of drug-likeness (QED) is 0.252. The summed E-state index contributed by atoms with van der Waals surface area (Å²) in [7, 11) is 0. The lowest BCUT2D eigenvalue weighted by molar-refractivity contribution is -0.0399. The van der Waals surface area contributed by atoms with Crippen LogP contribution in [0.25, 0.3) is 0 Å². The third-order valence-electron chi connectivity index (χ3n) is 1.56. The van der Waals surface area contributed by atoms with E-state index < -0.39 is 18.3 Å². The van der Waals surface area contributed by atoms with Crippen LogP contribution >= 0.6 is 0 Å². The molecule has 1 aliphatic rings. The van der Waals surface area contributed by atoms with Crippen LogP contribution < -0.4 is 5.48 Å². The second-order valence-electron chi connectivity index (χ2n) is 2.34. The van der Waals surface area contributed by atoms with Gasteiger partial charge < -0.3 is 15.3 Å². The first-order chi connectivity index (χ1) is 5.16. The molecule has 0 aromatic rings. The van der Waals surface area contributed by atoms with Gasteiger partial charge in [-0.3, -0.25) is 15.7 Å². The minimum atomic E-state index is -1.34. The Kier molecular flexibility index (Phi) is 2.40. The molecular formula is C5H10N2O4. The van der Waals surface area contributed by atoms with Crippen LogP contribution in [-0.4, -0.2) is 51.2 Å². The Morgan fingerprint density at radius 3 is 2.55 bits per heavy atom. The highest BCUT2D eigenvalue weighted by Crippen LogP contribution is 2.07. The first kappa shape index (κ1) is 8.41. The van der Waals surface area contributed by atoms with Gasteiger partial charge in [-0.1, -0.05) is 0 Å². The summed E-state index contributed by atoms with van der Waals surface area (Å²) in [5, 5.41) is 35.3. The lowest BCUT2D eigenvalue weighted by Crippen LogP contribution is -2.51. The minimum Gasteiger partial charge on any atom is -0.388 e. The van der Waals surface area contributed by atoms with Crippen LogP contribution in [0, 0.1) is 0 Å². The molecule has 5 N–H and O–H groups in total. The standard InChI is InChI=1S/C5H10N2O4/c8-2-1-6-5(7-11)4(10)3(2)9/h2-4,8-11H,1H2,(H,6,7). The van der Waals surface area contributed by atoms with Crippen molar-refractivity contribution < 1.29 is 20.5 Å². The fourth-order valence-corrected chi connectivity index (χ4v) is 0.867. The summed E-state index contributed by atoms with van der Waals surface area (Å²) in [6.07, 6.45) is -3.70. The zero-order valence-corrected chi connectivity index (χ0v) is 5.68. The summed E-state index contributed by atoms with van der Waals surface area (Å²) < 4.78 is 0. The van der Waals surface area contributed by atoms with Crippen LogP contribution in [0.5, 0.6) is 0 Å². The van der Waals surface area contributed by atoms with Crippen molar-refractivity contribution in [3.8, 4) is 0 Å².